The zero-order chi connectivity index (χ0) is 22.0. The fraction of sp³-hybridized carbons (Fsp3) is 0.273. The molecular formula is C22H24N6O3. The molecule has 1 aromatic carbocycles. The lowest BCUT2D eigenvalue weighted by Gasteiger charge is -2.36. The molecule has 1 N–H and O–H groups in total. The molecule has 0 bridgehead atoms. The van der Waals surface area contributed by atoms with Crippen molar-refractivity contribution in [1.29, 1.82) is 0 Å². The Bertz CT molecular complexity index is 1190. The van der Waals surface area contributed by atoms with Crippen LogP contribution in [0.5, 0.6) is 0 Å². The molecule has 4 rings (SSSR count). The number of carbonyl (C=O) groups is 1. The van der Waals surface area contributed by atoms with E-state index in [1.807, 2.05) is 24.3 Å². The first-order chi connectivity index (χ1) is 14.9. The van der Waals surface area contributed by atoms with Gasteiger partial charge in [0, 0.05) is 52.2 Å². The summed E-state index contributed by atoms with van der Waals surface area (Å²) in [6, 6.07) is 13.9. The Morgan fingerprint density at radius 3 is 2.26 bits per heavy atom. The van der Waals surface area contributed by atoms with Crippen LogP contribution in [0, 0.1) is 0 Å². The molecule has 0 atom stereocenters. The molecule has 1 amide bonds. The summed E-state index contributed by atoms with van der Waals surface area (Å²) >= 11 is 0. The molecule has 1 aliphatic rings. The molecule has 160 valence electrons. The Hall–Kier alpha value is -3.88. The largest absolute Gasteiger partial charge is 0.368 e. The van der Waals surface area contributed by atoms with Gasteiger partial charge in [-0.25, -0.2) is 9.78 Å². The lowest BCUT2D eigenvalue weighted by molar-refractivity contribution is 0.102. The summed E-state index contributed by atoms with van der Waals surface area (Å²) in [5, 5.41) is 2.67. The van der Waals surface area contributed by atoms with Crippen molar-refractivity contribution in [3.8, 4) is 0 Å². The minimum atomic E-state index is -0.638. The van der Waals surface area contributed by atoms with E-state index in [1.54, 1.807) is 12.3 Å². The van der Waals surface area contributed by atoms with Crippen molar-refractivity contribution in [3.63, 3.8) is 0 Å². The average Bonchev–Trinajstić information content (AvgIpc) is 2.81. The van der Waals surface area contributed by atoms with E-state index in [1.165, 1.54) is 30.5 Å². The summed E-state index contributed by atoms with van der Waals surface area (Å²) in [4.78, 5) is 45.6. The number of benzene rings is 1. The first kappa shape index (κ1) is 20.4. The Morgan fingerprint density at radius 2 is 1.61 bits per heavy atom. The van der Waals surface area contributed by atoms with E-state index >= 15 is 0 Å². The number of pyridine rings is 1. The Morgan fingerprint density at radius 1 is 0.935 bits per heavy atom. The maximum Gasteiger partial charge on any atom is 0.330 e. The van der Waals surface area contributed by atoms with Crippen LogP contribution in [0.3, 0.4) is 0 Å². The number of anilines is 3. The number of aryl methyl sites for hydroxylation is 1. The van der Waals surface area contributed by atoms with Crippen LogP contribution >= 0.6 is 0 Å². The minimum absolute atomic E-state index is 0.106. The van der Waals surface area contributed by atoms with Gasteiger partial charge in [0.25, 0.3) is 11.5 Å². The second kappa shape index (κ2) is 8.47. The lowest BCUT2D eigenvalue weighted by atomic mass is 10.2. The molecule has 3 heterocycles. The average molecular weight is 420 g/mol. The van der Waals surface area contributed by atoms with Gasteiger partial charge in [-0.2, -0.15) is 0 Å². The van der Waals surface area contributed by atoms with Crippen LogP contribution in [0.15, 0.2) is 64.4 Å². The maximum atomic E-state index is 12.5. The van der Waals surface area contributed by atoms with Crippen LogP contribution in [-0.2, 0) is 14.1 Å². The first-order valence-electron chi connectivity index (χ1n) is 10.0. The van der Waals surface area contributed by atoms with Gasteiger partial charge in [-0.3, -0.25) is 14.2 Å². The number of aromatic nitrogens is 3. The summed E-state index contributed by atoms with van der Waals surface area (Å²) in [5.74, 6) is 0.256. The second-order valence-corrected chi connectivity index (χ2v) is 7.47. The van der Waals surface area contributed by atoms with Gasteiger partial charge in [0.15, 0.2) is 0 Å². The molecule has 1 aliphatic heterocycles. The van der Waals surface area contributed by atoms with Crippen molar-refractivity contribution in [1.82, 2.24) is 14.1 Å². The van der Waals surface area contributed by atoms with Gasteiger partial charge in [-0.1, -0.05) is 18.2 Å². The smallest absolute Gasteiger partial charge is 0.330 e. The molecule has 0 aliphatic carbocycles. The fourth-order valence-corrected chi connectivity index (χ4v) is 3.64. The van der Waals surface area contributed by atoms with Gasteiger partial charge in [-0.05, 0) is 24.3 Å². The number of carbonyl (C=O) groups excluding carboxylic acids is 1. The van der Waals surface area contributed by atoms with E-state index in [4.69, 9.17) is 0 Å². The highest BCUT2D eigenvalue weighted by Gasteiger charge is 2.19. The van der Waals surface area contributed by atoms with Crippen molar-refractivity contribution in [2.24, 2.45) is 14.1 Å². The number of nitrogens with one attached hydrogen (secondary N) is 1. The van der Waals surface area contributed by atoms with Crippen molar-refractivity contribution < 1.29 is 4.79 Å². The second-order valence-electron chi connectivity index (χ2n) is 7.47. The Balaban J connectivity index is 1.41. The molecule has 2 aromatic heterocycles. The van der Waals surface area contributed by atoms with Gasteiger partial charge < -0.3 is 19.7 Å². The SMILES string of the molecule is Cn1cc(C(=O)Nc2ccc(N3CCN(c4ccccc4)CC3)nc2)c(=O)n(C)c1=O. The van der Waals surface area contributed by atoms with Crippen molar-refractivity contribution in [3.05, 3.63) is 81.3 Å². The summed E-state index contributed by atoms with van der Waals surface area (Å²) in [6.45, 7) is 3.50. The van der Waals surface area contributed by atoms with Crippen LogP contribution in [0.4, 0.5) is 17.2 Å². The standard InChI is InChI=1S/C22H24N6O3/c1-25-15-18(21(30)26(2)22(25)31)20(29)24-16-8-9-19(23-14-16)28-12-10-27(11-13-28)17-6-4-3-5-7-17/h3-9,14-15H,10-13H2,1-2H3,(H,24,29). The van der Waals surface area contributed by atoms with E-state index in [2.05, 4.69) is 32.2 Å². The van der Waals surface area contributed by atoms with Gasteiger partial charge in [0.2, 0.25) is 0 Å². The first-order valence-corrected chi connectivity index (χ1v) is 10.0. The summed E-state index contributed by atoms with van der Waals surface area (Å²) < 4.78 is 2.11. The zero-order valence-corrected chi connectivity index (χ0v) is 17.5. The van der Waals surface area contributed by atoms with Crippen LogP contribution in [-0.4, -0.2) is 46.2 Å². The van der Waals surface area contributed by atoms with E-state index < -0.39 is 17.2 Å². The third kappa shape index (κ3) is 4.20. The molecule has 0 unspecified atom stereocenters. The predicted molar refractivity (Wildman–Crippen MR) is 120 cm³/mol. The van der Waals surface area contributed by atoms with E-state index in [9.17, 15) is 14.4 Å². The van der Waals surface area contributed by atoms with Crippen LogP contribution in [0.1, 0.15) is 10.4 Å². The van der Waals surface area contributed by atoms with Gasteiger partial charge >= 0.3 is 5.69 Å². The highest BCUT2D eigenvalue weighted by atomic mass is 16.2. The van der Waals surface area contributed by atoms with Gasteiger partial charge in [0.1, 0.15) is 11.4 Å². The zero-order valence-electron chi connectivity index (χ0n) is 17.5. The van der Waals surface area contributed by atoms with E-state index in [0.29, 0.717) is 5.69 Å². The summed E-state index contributed by atoms with van der Waals surface area (Å²) in [7, 11) is 2.84. The molecule has 1 saturated heterocycles. The van der Waals surface area contributed by atoms with Crippen LogP contribution in [0.2, 0.25) is 0 Å². The normalized spacial score (nSPS) is 13.9. The number of amides is 1. The summed E-state index contributed by atoms with van der Waals surface area (Å²) in [6.07, 6.45) is 2.82. The van der Waals surface area contributed by atoms with Gasteiger partial charge in [-0.15, -0.1) is 0 Å². The number of hydrogen-bond donors (Lipinski definition) is 1. The van der Waals surface area contributed by atoms with Crippen molar-refractivity contribution in [2.45, 2.75) is 0 Å². The molecule has 9 heteroatoms. The highest BCUT2D eigenvalue weighted by molar-refractivity contribution is 6.03. The lowest BCUT2D eigenvalue weighted by Crippen LogP contribution is -2.46. The summed E-state index contributed by atoms with van der Waals surface area (Å²) in [5.41, 5.74) is 0.470. The monoisotopic (exact) mass is 420 g/mol. The molecule has 31 heavy (non-hydrogen) atoms. The number of para-hydroxylation sites is 1. The van der Waals surface area contributed by atoms with Gasteiger partial charge in [0.05, 0.1) is 11.9 Å². The number of rotatable bonds is 4. The fourth-order valence-electron chi connectivity index (χ4n) is 3.64. The van der Waals surface area contributed by atoms with E-state index in [0.717, 1.165) is 36.6 Å². The number of hydrogen-bond acceptors (Lipinski definition) is 6. The Kier molecular flexibility index (Phi) is 5.57. The third-order valence-electron chi connectivity index (χ3n) is 5.42. The maximum absolute atomic E-state index is 12.5. The Labute approximate surface area is 179 Å². The molecule has 3 aromatic rings. The van der Waals surface area contributed by atoms with Crippen LogP contribution in [0.25, 0.3) is 0 Å². The minimum Gasteiger partial charge on any atom is -0.368 e. The van der Waals surface area contributed by atoms with Crippen molar-refractivity contribution >= 4 is 23.1 Å². The predicted octanol–water partition coefficient (Wildman–Crippen LogP) is 1.06. The van der Waals surface area contributed by atoms with E-state index in [-0.39, 0.29) is 5.56 Å². The molecule has 1 fully saturated rings. The molecule has 0 radical (unpaired) electrons. The molecule has 0 spiro atoms. The molecular weight excluding hydrogens is 396 g/mol. The topological polar surface area (TPSA) is 92.5 Å². The third-order valence-corrected chi connectivity index (χ3v) is 5.42. The van der Waals surface area contributed by atoms with Crippen molar-refractivity contribution in [2.75, 3.05) is 41.3 Å². The number of piperazine rings is 1. The quantitative estimate of drug-likeness (QED) is 0.679. The molecule has 0 saturated carbocycles. The number of nitrogens with zero attached hydrogens (tertiary/aromatic N) is 5. The van der Waals surface area contributed by atoms with Crippen LogP contribution < -0.4 is 26.4 Å². The highest BCUT2D eigenvalue weighted by Crippen LogP contribution is 2.20. The molecule has 9 nitrogen and oxygen atoms in total.